The van der Waals surface area contributed by atoms with Crippen molar-refractivity contribution < 1.29 is 0 Å². The van der Waals surface area contributed by atoms with Crippen LogP contribution in [-0.2, 0) is 0 Å². The molecule has 0 unspecified atom stereocenters. The molecule has 0 aromatic heterocycles. The number of hydrogen-bond donors (Lipinski definition) is 0. The predicted octanol–water partition coefficient (Wildman–Crippen LogP) is -3.51. The normalized spacial score (nSPS) is 14.6. The molecule has 0 saturated heterocycles. The van der Waals surface area contributed by atoms with Gasteiger partial charge in [-0.15, -0.1) is 0 Å². The molecule has 10 heteroatoms. The molecule has 0 aromatic carbocycles. The summed E-state index contributed by atoms with van der Waals surface area (Å²) < 4.78 is 9.97. The third-order valence-electron chi connectivity index (χ3n) is 3.01. The summed E-state index contributed by atoms with van der Waals surface area (Å²) in [5.41, 5.74) is 0. The van der Waals surface area contributed by atoms with Gasteiger partial charge in [0.1, 0.15) is 9.68 Å². The van der Waals surface area contributed by atoms with Gasteiger partial charge < -0.3 is 27.5 Å². The summed E-state index contributed by atoms with van der Waals surface area (Å²) in [6.45, 7) is 0. The third kappa shape index (κ3) is 8.69. The highest BCUT2D eigenvalue weighted by molar-refractivity contribution is 6.71. The van der Waals surface area contributed by atoms with Crippen LogP contribution in [0.4, 0.5) is 0 Å². The molecule has 6 nitrogen and oxygen atoms in total. The van der Waals surface area contributed by atoms with Crippen molar-refractivity contribution in [1.82, 2.24) is 27.5 Å². The second-order valence-corrected chi connectivity index (χ2v) is 14.4. The molecular weight excluding hydrogens is 299 g/mol. The average Bonchev–Trinajstić information content (AvgIpc) is 2.23. The molecule has 0 heterocycles. The molecule has 0 aliphatic heterocycles. The summed E-state index contributed by atoms with van der Waals surface area (Å²) in [4.78, 5) is 4.91. The monoisotopic (exact) mass is 334 g/mol. The van der Waals surface area contributed by atoms with Gasteiger partial charge in [0.2, 0.25) is 0 Å². The maximum absolute atomic E-state index is 2.77. The summed E-state index contributed by atoms with van der Waals surface area (Å²) >= 11 is 0. The second kappa shape index (κ2) is 10.2. The van der Waals surface area contributed by atoms with E-state index < -0.39 is 0 Å². The molecule has 0 rings (SSSR count). The van der Waals surface area contributed by atoms with Gasteiger partial charge in [0.25, 0.3) is 0 Å². The number of rotatable bonds is 10. The van der Waals surface area contributed by atoms with Gasteiger partial charge in [-0.3, -0.25) is 0 Å². The smallest absolute Gasteiger partial charge is 0.344 e. The molecule has 0 saturated carbocycles. The van der Waals surface area contributed by atoms with E-state index in [1.165, 1.54) is 6.17 Å². The molecule has 0 radical (unpaired) electrons. The third-order valence-corrected chi connectivity index (χ3v) is 8.52. The first-order valence-corrected chi connectivity index (χ1v) is 11.4. The maximum Gasteiger partial charge on any atom is 0.389 e. The number of nitrogens with zero attached hydrogens (tertiary/aromatic N) is 6. The van der Waals surface area contributed by atoms with E-state index in [9.17, 15) is 0 Å². The minimum atomic E-state index is -0.347. The van der Waals surface area contributed by atoms with Gasteiger partial charge in [0.05, 0.1) is 0 Å². The van der Waals surface area contributed by atoms with E-state index in [0.717, 1.165) is 0 Å². The lowest BCUT2D eigenvalue weighted by Gasteiger charge is -2.40. The van der Waals surface area contributed by atoms with Crippen LogP contribution in [-0.4, -0.2) is 134 Å². The van der Waals surface area contributed by atoms with E-state index in [1.807, 2.05) is 0 Å². The van der Waals surface area contributed by atoms with E-state index >= 15 is 0 Å². The Kier molecular flexibility index (Phi) is 10.5. The van der Waals surface area contributed by atoms with Crippen molar-refractivity contribution in [2.45, 2.75) is 0 Å². The summed E-state index contributed by atoms with van der Waals surface area (Å²) in [5, 5.41) is 0. The Morgan fingerprint density at radius 1 is 0.700 bits per heavy atom. The van der Waals surface area contributed by atoms with Crippen molar-refractivity contribution >= 4 is 36.5 Å². The lowest BCUT2D eigenvalue weighted by atomic mass is 9.92. The molecule has 20 heavy (non-hydrogen) atoms. The van der Waals surface area contributed by atoms with Crippen LogP contribution < -0.4 is 0 Å². The van der Waals surface area contributed by atoms with E-state index in [-0.39, 0.29) is 29.4 Å². The van der Waals surface area contributed by atoms with Crippen LogP contribution in [0.15, 0.2) is 0 Å². The minimum Gasteiger partial charge on any atom is -0.344 e. The fourth-order valence-corrected chi connectivity index (χ4v) is 9.05. The maximum atomic E-state index is 2.77. The second-order valence-electron chi connectivity index (χ2n) is 6.62. The summed E-state index contributed by atoms with van der Waals surface area (Å²) in [5.74, 6) is 0. The van der Waals surface area contributed by atoms with Crippen LogP contribution in [0.1, 0.15) is 0 Å². The highest BCUT2D eigenvalue weighted by Gasteiger charge is 2.31. The molecule has 0 spiro atoms. The van der Waals surface area contributed by atoms with Gasteiger partial charge in [-0.05, 0) is 69.6 Å². The van der Waals surface area contributed by atoms with Gasteiger partial charge in [-0.1, -0.05) is 0 Å². The lowest BCUT2D eigenvalue weighted by Crippen LogP contribution is -2.66. The van der Waals surface area contributed by atoms with Crippen LogP contribution >= 0.6 is 0 Å². The summed E-state index contributed by atoms with van der Waals surface area (Å²) in [7, 11) is 19.6. The van der Waals surface area contributed by atoms with Gasteiger partial charge in [-0.25, -0.2) is 0 Å². The Bertz CT molecular complexity index is 247. The molecule has 0 aliphatic rings. The van der Waals surface area contributed by atoms with Crippen molar-refractivity contribution in [2.75, 3.05) is 69.6 Å². The van der Waals surface area contributed by atoms with Crippen LogP contribution in [0.5, 0.6) is 0 Å². The molecule has 0 aromatic rings. The Labute approximate surface area is 134 Å². The zero-order valence-electron chi connectivity index (χ0n) is 15.1. The topological polar surface area (TPSA) is 19.4 Å². The molecule has 0 bridgehead atoms. The first kappa shape index (κ1) is 20.5. The highest BCUT2D eigenvalue weighted by Crippen LogP contribution is 2.02. The van der Waals surface area contributed by atoms with Crippen molar-refractivity contribution in [3.05, 3.63) is 0 Å². The minimum absolute atomic E-state index is 0.153. The van der Waals surface area contributed by atoms with Crippen LogP contribution in [0, 0.1) is 0 Å². The lowest BCUT2D eigenvalue weighted by molar-refractivity contribution is 0.447. The Morgan fingerprint density at radius 2 is 1.15 bits per heavy atom. The van der Waals surface area contributed by atoms with Gasteiger partial charge in [0, 0.05) is 0 Å². The first-order valence-electron chi connectivity index (χ1n) is 7.20. The Hall–Kier alpha value is 0.476. The zero-order valence-corrected chi connectivity index (χ0v) is 19.3. The molecule has 0 amide bonds. The first-order chi connectivity index (χ1) is 9.15. The van der Waals surface area contributed by atoms with Crippen molar-refractivity contribution in [2.24, 2.45) is 0 Å². The molecule has 0 aliphatic carbocycles. The zero-order chi connectivity index (χ0) is 15.9. The Morgan fingerprint density at radius 3 is 1.45 bits per heavy atom. The summed E-state index contributed by atoms with van der Waals surface area (Å²) in [6.07, 6.45) is 1.23. The Balaban J connectivity index is 4.85. The average molecular weight is 335 g/mol. The molecular formula is C10H35BN6Si3. The quantitative estimate of drug-likeness (QED) is 0.383. The fraction of sp³-hybridized carbons (Fsp3) is 1.00. The van der Waals surface area contributed by atoms with E-state index in [0.29, 0.717) is 7.12 Å². The molecule has 0 fully saturated rings. The van der Waals surface area contributed by atoms with Crippen LogP contribution in [0.3, 0.4) is 0 Å². The van der Waals surface area contributed by atoms with E-state index in [4.69, 9.17) is 0 Å². The molecule has 0 atom stereocenters. The van der Waals surface area contributed by atoms with Crippen LogP contribution in [0.25, 0.3) is 0 Å². The number of hydrogen-bond acceptors (Lipinski definition) is 6. The van der Waals surface area contributed by atoms with E-state index in [2.05, 4.69) is 90.9 Å². The van der Waals surface area contributed by atoms with Crippen molar-refractivity contribution in [3.8, 4) is 0 Å². The predicted molar refractivity (Wildman–Crippen MR) is 101 cm³/mol. The van der Waals surface area contributed by atoms with Crippen molar-refractivity contribution in [1.29, 1.82) is 0 Å². The largest absolute Gasteiger partial charge is 0.389 e. The fourth-order valence-electron chi connectivity index (χ4n) is 2.39. The van der Waals surface area contributed by atoms with Crippen LogP contribution in [0.2, 0.25) is 0 Å². The van der Waals surface area contributed by atoms with Gasteiger partial charge in [0.15, 0.2) is 19.7 Å². The molecule has 120 valence electrons. The van der Waals surface area contributed by atoms with Gasteiger partial charge in [-0.2, -0.15) is 0 Å². The SMILES string of the molecule is CN(C)[SiH2]CN(C)B(N(C)C)N([SiH2]N(C)C)[SiH2]N(C)C. The van der Waals surface area contributed by atoms with E-state index in [1.54, 1.807) is 0 Å². The highest BCUT2D eigenvalue weighted by atomic mass is 28.3. The van der Waals surface area contributed by atoms with Crippen molar-refractivity contribution in [3.63, 3.8) is 0 Å². The van der Waals surface area contributed by atoms with Gasteiger partial charge >= 0.3 is 7.12 Å². The summed E-state index contributed by atoms with van der Waals surface area (Å²) in [6, 6.07) is 0. The molecule has 0 N–H and O–H groups in total. The standard InChI is InChI=1S/C10H35BN6Si3/c1-12(2)11(16(9)10-18-13(3)4)17(19-14(5)6)20-15(7)8/h10,18-20H2,1-9H3.